The van der Waals surface area contributed by atoms with Crippen molar-refractivity contribution in [2.45, 2.75) is 18.9 Å². The van der Waals surface area contributed by atoms with Crippen LogP contribution in [0.2, 0.25) is 0 Å². The van der Waals surface area contributed by atoms with E-state index in [1.165, 1.54) is 0 Å². The van der Waals surface area contributed by atoms with Crippen LogP contribution in [0.4, 0.5) is 0 Å². The van der Waals surface area contributed by atoms with Crippen LogP contribution in [0.3, 0.4) is 0 Å². The standard InChI is InChI=1S/C8H19NO6S/c1-2-8(5-11,6-12)9(3-4-10)7-16(13,14)15/h10-12H,2-7H2,1H3,(H,13,14,15). The van der Waals surface area contributed by atoms with Crippen LogP contribution in [0.1, 0.15) is 13.3 Å². The number of hydrogen-bond acceptors (Lipinski definition) is 6. The van der Waals surface area contributed by atoms with Crippen LogP contribution in [0, 0.1) is 0 Å². The van der Waals surface area contributed by atoms with Crippen molar-refractivity contribution in [2.24, 2.45) is 0 Å². The Balaban J connectivity index is 4.99. The number of aliphatic hydroxyl groups excluding tert-OH is 3. The first kappa shape index (κ1) is 15.8. The minimum atomic E-state index is -4.27. The molecular weight excluding hydrogens is 238 g/mol. The fourth-order valence-electron chi connectivity index (χ4n) is 1.45. The fraction of sp³-hybridized carbons (Fsp3) is 1.00. The molecule has 0 aliphatic carbocycles. The Kier molecular flexibility index (Phi) is 6.38. The van der Waals surface area contributed by atoms with E-state index in [0.717, 1.165) is 4.90 Å². The van der Waals surface area contributed by atoms with Gasteiger partial charge in [-0.05, 0) is 6.42 Å². The second kappa shape index (κ2) is 6.48. The summed E-state index contributed by atoms with van der Waals surface area (Å²) >= 11 is 0. The molecule has 0 amide bonds. The normalized spacial score (nSPS) is 13.4. The molecule has 0 aliphatic rings. The van der Waals surface area contributed by atoms with Gasteiger partial charge in [0.25, 0.3) is 10.1 Å². The summed E-state index contributed by atoms with van der Waals surface area (Å²) in [4.78, 5) is 1.16. The lowest BCUT2D eigenvalue weighted by molar-refractivity contribution is -0.0136. The Morgan fingerprint density at radius 3 is 1.94 bits per heavy atom. The van der Waals surface area contributed by atoms with Gasteiger partial charge >= 0.3 is 0 Å². The molecule has 7 nitrogen and oxygen atoms in total. The van der Waals surface area contributed by atoms with Gasteiger partial charge in [-0.15, -0.1) is 0 Å². The van der Waals surface area contributed by atoms with Gasteiger partial charge in [0.1, 0.15) is 5.88 Å². The number of rotatable bonds is 8. The number of nitrogens with zero attached hydrogens (tertiary/aromatic N) is 1. The van der Waals surface area contributed by atoms with Gasteiger partial charge in [-0.2, -0.15) is 8.42 Å². The van der Waals surface area contributed by atoms with Crippen molar-refractivity contribution < 1.29 is 28.3 Å². The summed E-state index contributed by atoms with van der Waals surface area (Å²) in [7, 11) is -4.27. The zero-order valence-corrected chi connectivity index (χ0v) is 10.0. The van der Waals surface area contributed by atoms with E-state index < -0.39 is 34.7 Å². The molecular formula is C8H19NO6S. The molecule has 0 atom stereocenters. The predicted octanol–water partition coefficient (Wildman–Crippen LogP) is -1.74. The molecule has 0 rings (SSSR count). The Morgan fingerprint density at radius 1 is 1.19 bits per heavy atom. The van der Waals surface area contributed by atoms with E-state index in [4.69, 9.17) is 9.66 Å². The lowest BCUT2D eigenvalue weighted by Gasteiger charge is -2.39. The molecule has 0 saturated carbocycles. The molecule has 8 heteroatoms. The third kappa shape index (κ3) is 4.32. The first-order valence-corrected chi connectivity index (χ1v) is 6.49. The van der Waals surface area contributed by atoms with Crippen LogP contribution < -0.4 is 0 Å². The van der Waals surface area contributed by atoms with Crippen molar-refractivity contribution in [2.75, 3.05) is 32.2 Å². The highest BCUT2D eigenvalue weighted by molar-refractivity contribution is 7.85. The molecule has 0 aromatic rings. The number of hydrogen-bond donors (Lipinski definition) is 4. The van der Waals surface area contributed by atoms with Crippen LogP contribution in [0.5, 0.6) is 0 Å². The first-order chi connectivity index (χ1) is 7.35. The van der Waals surface area contributed by atoms with E-state index in [2.05, 4.69) is 0 Å². The predicted molar refractivity (Wildman–Crippen MR) is 57.4 cm³/mol. The van der Waals surface area contributed by atoms with Crippen LogP contribution in [-0.2, 0) is 10.1 Å². The second-order valence-corrected chi connectivity index (χ2v) is 5.01. The maximum absolute atomic E-state index is 10.8. The quantitative estimate of drug-likeness (QED) is 0.381. The van der Waals surface area contributed by atoms with Gasteiger partial charge in [-0.25, -0.2) is 0 Å². The summed E-state index contributed by atoms with van der Waals surface area (Å²) in [6, 6.07) is 0. The van der Waals surface area contributed by atoms with Crippen molar-refractivity contribution in [3.05, 3.63) is 0 Å². The topological polar surface area (TPSA) is 118 Å². The summed E-state index contributed by atoms with van der Waals surface area (Å²) in [6.45, 7) is 0.345. The van der Waals surface area contributed by atoms with Crippen molar-refractivity contribution in [1.82, 2.24) is 4.90 Å². The summed E-state index contributed by atoms with van der Waals surface area (Å²) in [5.74, 6) is -0.734. The molecule has 0 fully saturated rings. The van der Waals surface area contributed by atoms with Gasteiger partial charge in [0.15, 0.2) is 0 Å². The van der Waals surface area contributed by atoms with Crippen LogP contribution in [0.25, 0.3) is 0 Å². The van der Waals surface area contributed by atoms with E-state index in [1.807, 2.05) is 0 Å². The second-order valence-electron chi connectivity index (χ2n) is 3.59. The smallest absolute Gasteiger partial charge is 0.278 e. The summed E-state index contributed by atoms with van der Waals surface area (Å²) in [5, 5.41) is 27.2. The monoisotopic (exact) mass is 257 g/mol. The SMILES string of the molecule is CCC(CO)(CO)N(CCO)CS(=O)(=O)O. The van der Waals surface area contributed by atoms with Crippen LogP contribution in [0.15, 0.2) is 0 Å². The Morgan fingerprint density at radius 2 is 1.69 bits per heavy atom. The average Bonchev–Trinajstić information content (AvgIpc) is 2.19. The Hall–Kier alpha value is -0.250. The Labute approximate surface area is 95.1 Å². The van der Waals surface area contributed by atoms with E-state index >= 15 is 0 Å². The molecule has 0 unspecified atom stereocenters. The minimum Gasteiger partial charge on any atom is -0.395 e. The number of aliphatic hydroxyl groups is 3. The molecule has 0 saturated heterocycles. The van der Waals surface area contributed by atoms with E-state index in [9.17, 15) is 18.6 Å². The van der Waals surface area contributed by atoms with Gasteiger partial charge in [-0.1, -0.05) is 6.92 Å². The molecule has 0 aromatic heterocycles. The molecule has 0 radical (unpaired) electrons. The summed E-state index contributed by atoms with van der Waals surface area (Å²) < 4.78 is 30.3. The fourth-order valence-corrected chi connectivity index (χ4v) is 2.25. The minimum absolute atomic E-state index is 0.0608. The lowest BCUT2D eigenvalue weighted by Crippen LogP contribution is -2.56. The number of β-amino-alcohol motifs (C(OH)–C–C–N with tert-alkyl or cyclic N) is 1. The zero-order chi connectivity index (χ0) is 12.8. The molecule has 0 spiro atoms. The molecule has 98 valence electrons. The third-order valence-corrected chi connectivity index (χ3v) is 3.24. The molecule has 0 heterocycles. The molecule has 0 bridgehead atoms. The van der Waals surface area contributed by atoms with E-state index in [1.54, 1.807) is 6.92 Å². The van der Waals surface area contributed by atoms with Gasteiger partial charge in [0, 0.05) is 6.54 Å². The highest BCUT2D eigenvalue weighted by Crippen LogP contribution is 2.19. The van der Waals surface area contributed by atoms with Gasteiger partial charge in [0.2, 0.25) is 0 Å². The average molecular weight is 257 g/mol. The maximum atomic E-state index is 10.8. The maximum Gasteiger partial charge on any atom is 0.278 e. The van der Waals surface area contributed by atoms with Crippen molar-refractivity contribution >= 4 is 10.1 Å². The van der Waals surface area contributed by atoms with E-state index in [-0.39, 0.29) is 19.6 Å². The van der Waals surface area contributed by atoms with Gasteiger partial charge < -0.3 is 15.3 Å². The van der Waals surface area contributed by atoms with Gasteiger partial charge in [0.05, 0.1) is 25.4 Å². The lowest BCUT2D eigenvalue weighted by atomic mass is 9.96. The zero-order valence-electron chi connectivity index (χ0n) is 9.20. The molecule has 4 N–H and O–H groups in total. The highest BCUT2D eigenvalue weighted by Gasteiger charge is 2.35. The molecule has 16 heavy (non-hydrogen) atoms. The molecule has 0 aliphatic heterocycles. The first-order valence-electron chi connectivity index (χ1n) is 4.88. The third-order valence-electron chi connectivity index (χ3n) is 2.61. The van der Waals surface area contributed by atoms with Crippen LogP contribution in [-0.4, -0.2) is 71.0 Å². The van der Waals surface area contributed by atoms with Gasteiger partial charge in [-0.3, -0.25) is 9.45 Å². The van der Waals surface area contributed by atoms with E-state index in [0.29, 0.717) is 0 Å². The van der Waals surface area contributed by atoms with Crippen molar-refractivity contribution in [3.8, 4) is 0 Å². The Bertz CT molecular complexity index is 279. The van der Waals surface area contributed by atoms with Crippen LogP contribution >= 0.6 is 0 Å². The molecule has 0 aromatic carbocycles. The van der Waals surface area contributed by atoms with Crippen molar-refractivity contribution in [1.29, 1.82) is 0 Å². The van der Waals surface area contributed by atoms with Crippen molar-refractivity contribution in [3.63, 3.8) is 0 Å². The highest BCUT2D eigenvalue weighted by atomic mass is 32.2. The summed E-state index contributed by atoms with van der Waals surface area (Å²) in [6.07, 6.45) is 0.287. The summed E-state index contributed by atoms with van der Waals surface area (Å²) in [5.41, 5.74) is -1.15. The largest absolute Gasteiger partial charge is 0.395 e.